The van der Waals surface area contributed by atoms with E-state index in [0.29, 0.717) is 5.92 Å². The number of hydrogen-bond acceptors (Lipinski definition) is 0. The Morgan fingerprint density at radius 3 is 2.57 bits per heavy atom. The molecular weight excluding hydrogens is 336 g/mol. The van der Waals surface area contributed by atoms with Crippen LogP contribution >= 0.6 is 0 Å². The molecule has 0 fully saturated rings. The molecule has 0 amide bonds. The summed E-state index contributed by atoms with van der Waals surface area (Å²) in [7, 11) is 0. The number of allylic oxidation sites excluding steroid dienone is 3. The summed E-state index contributed by atoms with van der Waals surface area (Å²) in [6, 6.07) is 4.87. The van der Waals surface area contributed by atoms with Gasteiger partial charge >= 0.3 is 0 Å². The Hall–Kier alpha value is -1.30. The van der Waals surface area contributed by atoms with Crippen molar-refractivity contribution in [2.24, 2.45) is 5.92 Å². The lowest BCUT2D eigenvalue weighted by Gasteiger charge is -2.25. The Labute approximate surface area is 175 Å². The van der Waals surface area contributed by atoms with Crippen LogP contribution in [0.3, 0.4) is 0 Å². The summed E-state index contributed by atoms with van der Waals surface area (Å²) in [5, 5.41) is 0. The maximum atomic E-state index is 4.59. The van der Waals surface area contributed by atoms with E-state index in [9.17, 15) is 0 Å². The third kappa shape index (κ3) is 6.36. The molecule has 0 aromatic heterocycles. The van der Waals surface area contributed by atoms with E-state index in [-0.39, 0.29) is 0 Å². The summed E-state index contributed by atoms with van der Waals surface area (Å²) >= 11 is 0. The normalized spacial score (nSPS) is 18.0. The first-order valence-electron chi connectivity index (χ1n) is 12.0. The second-order valence-corrected chi connectivity index (χ2v) is 9.32. The molecule has 0 bridgehead atoms. The summed E-state index contributed by atoms with van der Waals surface area (Å²) in [6.45, 7) is 16.3. The van der Waals surface area contributed by atoms with Crippen molar-refractivity contribution in [1.82, 2.24) is 0 Å². The number of hydrogen-bond donors (Lipinski definition) is 0. The SMILES string of the molecule is C=C(CCC(C)CCC)c1c(CCCCC)ccc(C2C=C(C)CCC2)c1C. The second kappa shape index (κ2) is 11.6. The fourth-order valence-electron chi connectivity index (χ4n) is 4.99. The Morgan fingerprint density at radius 2 is 1.89 bits per heavy atom. The van der Waals surface area contributed by atoms with Gasteiger partial charge in [-0.2, -0.15) is 0 Å². The fraction of sp³-hybridized carbons (Fsp3) is 0.643. The third-order valence-electron chi connectivity index (χ3n) is 6.69. The molecule has 0 nitrogen and oxygen atoms in total. The van der Waals surface area contributed by atoms with E-state index in [1.165, 1.54) is 80.9 Å². The molecule has 1 aromatic rings. The minimum absolute atomic E-state index is 0.601. The highest BCUT2D eigenvalue weighted by Gasteiger charge is 2.20. The average molecular weight is 381 g/mol. The van der Waals surface area contributed by atoms with Crippen LogP contribution in [0.15, 0.2) is 30.4 Å². The molecule has 1 aliphatic rings. The maximum Gasteiger partial charge on any atom is 0.00235 e. The van der Waals surface area contributed by atoms with Crippen LogP contribution in [0.1, 0.15) is 120 Å². The van der Waals surface area contributed by atoms with Crippen molar-refractivity contribution in [2.75, 3.05) is 0 Å². The van der Waals surface area contributed by atoms with Gasteiger partial charge in [0.1, 0.15) is 0 Å². The molecule has 1 aromatic carbocycles. The Kier molecular flexibility index (Phi) is 9.56. The van der Waals surface area contributed by atoms with Crippen LogP contribution in [0.25, 0.3) is 5.57 Å². The van der Waals surface area contributed by atoms with Crippen LogP contribution in [0.4, 0.5) is 0 Å². The molecule has 156 valence electrons. The van der Waals surface area contributed by atoms with E-state index in [2.05, 4.69) is 59.4 Å². The fourth-order valence-corrected chi connectivity index (χ4v) is 4.99. The van der Waals surface area contributed by atoms with Crippen molar-refractivity contribution < 1.29 is 0 Å². The van der Waals surface area contributed by atoms with Crippen molar-refractivity contribution >= 4 is 5.57 Å². The first-order valence-corrected chi connectivity index (χ1v) is 12.0. The van der Waals surface area contributed by atoms with Gasteiger partial charge in [0, 0.05) is 5.92 Å². The first kappa shape index (κ1) is 23.0. The predicted molar refractivity (Wildman–Crippen MR) is 127 cm³/mol. The zero-order valence-electron chi connectivity index (χ0n) is 19.4. The largest absolute Gasteiger partial charge is 0.0952 e. The lowest BCUT2D eigenvalue weighted by Crippen LogP contribution is -2.08. The van der Waals surface area contributed by atoms with Crippen LogP contribution in [0, 0.1) is 12.8 Å². The van der Waals surface area contributed by atoms with E-state index in [1.807, 2.05) is 0 Å². The third-order valence-corrected chi connectivity index (χ3v) is 6.69. The van der Waals surface area contributed by atoms with Gasteiger partial charge in [0.15, 0.2) is 0 Å². The molecule has 2 unspecified atom stereocenters. The maximum absolute atomic E-state index is 4.59. The molecule has 0 radical (unpaired) electrons. The topological polar surface area (TPSA) is 0 Å². The Morgan fingerprint density at radius 1 is 1.11 bits per heavy atom. The van der Waals surface area contributed by atoms with Gasteiger partial charge in [-0.3, -0.25) is 0 Å². The summed E-state index contributed by atoms with van der Waals surface area (Å²) in [5.41, 5.74) is 9.06. The molecule has 0 aliphatic heterocycles. The van der Waals surface area contributed by atoms with Crippen LogP contribution < -0.4 is 0 Å². The van der Waals surface area contributed by atoms with Gasteiger partial charge in [-0.05, 0) is 92.5 Å². The molecule has 0 heteroatoms. The molecule has 2 atom stereocenters. The number of aryl methyl sites for hydroxylation is 1. The molecule has 0 saturated carbocycles. The molecule has 1 aliphatic carbocycles. The van der Waals surface area contributed by atoms with Crippen molar-refractivity contribution in [3.63, 3.8) is 0 Å². The summed E-state index contributed by atoms with van der Waals surface area (Å²) < 4.78 is 0. The standard InChI is InChI=1S/C28H44/c1-7-9-10-14-25-18-19-27(26-15-11-13-22(4)20-26)24(6)28(25)23(5)17-16-21(3)12-8-2/h18-21,26H,5,7-17H2,1-4,6H3. The molecule has 0 heterocycles. The van der Waals surface area contributed by atoms with Crippen molar-refractivity contribution in [2.45, 2.75) is 111 Å². The van der Waals surface area contributed by atoms with Crippen LogP contribution in [0.5, 0.6) is 0 Å². The van der Waals surface area contributed by atoms with Crippen molar-refractivity contribution in [3.8, 4) is 0 Å². The van der Waals surface area contributed by atoms with Gasteiger partial charge in [0.05, 0.1) is 0 Å². The van der Waals surface area contributed by atoms with E-state index in [4.69, 9.17) is 0 Å². The zero-order chi connectivity index (χ0) is 20.5. The summed E-state index contributed by atoms with van der Waals surface area (Å²) in [6.07, 6.45) is 16.6. The van der Waals surface area contributed by atoms with Crippen molar-refractivity contribution in [1.29, 1.82) is 0 Å². The summed E-state index contributed by atoms with van der Waals surface area (Å²) in [5.74, 6) is 1.40. The lowest BCUT2D eigenvalue weighted by molar-refractivity contribution is 0.493. The number of rotatable bonds is 11. The van der Waals surface area contributed by atoms with Crippen LogP contribution in [-0.4, -0.2) is 0 Å². The Balaban J connectivity index is 2.30. The quantitative estimate of drug-likeness (QED) is 0.265. The zero-order valence-corrected chi connectivity index (χ0v) is 19.4. The molecule has 28 heavy (non-hydrogen) atoms. The lowest BCUT2D eigenvalue weighted by atomic mass is 9.80. The van der Waals surface area contributed by atoms with Gasteiger partial charge in [-0.25, -0.2) is 0 Å². The highest BCUT2D eigenvalue weighted by molar-refractivity contribution is 5.71. The molecular formula is C28H44. The molecule has 0 N–H and O–H groups in total. The van der Waals surface area contributed by atoms with Gasteiger partial charge in [0.2, 0.25) is 0 Å². The van der Waals surface area contributed by atoms with E-state index >= 15 is 0 Å². The minimum atomic E-state index is 0.601. The number of benzene rings is 1. The van der Waals surface area contributed by atoms with Crippen LogP contribution in [-0.2, 0) is 6.42 Å². The second-order valence-electron chi connectivity index (χ2n) is 9.32. The monoisotopic (exact) mass is 380 g/mol. The van der Waals surface area contributed by atoms with Gasteiger partial charge in [0.25, 0.3) is 0 Å². The van der Waals surface area contributed by atoms with Gasteiger partial charge in [-0.15, -0.1) is 0 Å². The van der Waals surface area contributed by atoms with Gasteiger partial charge < -0.3 is 0 Å². The molecule has 0 saturated heterocycles. The first-order chi connectivity index (χ1) is 13.5. The predicted octanol–water partition coefficient (Wildman–Crippen LogP) is 9.17. The van der Waals surface area contributed by atoms with Gasteiger partial charge in [-0.1, -0.05) is 76.8 Å². The Bertz CT molecular complexity index is 661. The smallest absolute Gasteiger partial charge is 0.00235 e. The molecule has 0 spiro atoms. The number of unbranched alkanes of at least 4 members (excludes halogenated alkanes) is 2. The van der Waals surface area contributed by atoms with Crippen LogP contribution in [0.2, 0.25) is 0 Å². The van der Waals surface area contributed by atoms with E-state index in [1.54, 1.807) is 16.7 Å². The summed E-state index contributed by atoms with van der Waals surface area (Å²) in [4.78, 5) is 0. The highest BCUT2D eigenvalue weighted by atomic mass is 14.2. The van der Waals surface area contributed by atoms with E-state index in [0.717, 1.165) is 12.3 Å². The minimum Gasteiger partial charge on any atom is -0.0952 e. The van der Waals surface area contributed by atoms with E-state index < -0.39 is 0 Å². The molecule has 2 rings (SSSR count). The average Bonchev–Trinajstić information content (AvgIpc) is 2.67. The highest BCUT2D eigenvalue weighted by Crippen LogP contribution is 2.37. The van der Waals surface area contributed by atoms with Crippen molar-refractivity contribution in [3.05, 3.63) is 52.6 Å².